The first kappa shape index (κ1) is 13.1. The largest absolute Gasteiger partial charge is 0.369 e. The Balaban J connectivity index is 2.03. The zero-order chi connectivity index (χ0) is 14.0. The molecule has 6 heteroatoms. The minimum Gasteiger partial charge on any atom is -0.369 e. The SMILES string of the molecule is NC(=O)c1ccc(CN2C[C@H](C(N)=O)CC2=O)cc1. The first-order valence-electron chi connectivity index (χ1n) is 5.93. The quantitative estimate of drug-likeness (QED) is 0.771. The maximum atomic E-state index is 11.7. The van der Waals surface area contributed by atoms with Crippen molar-refractivity contribution in [3.05, 3.63) is 35.4 Å². The van der Waals surface area contributed by atoms with Gasteiger partial charge in [-0.15, -0.1) is 0 Å². The standard InChI is InChI=1S/C13H15N3O3/c14-12(18)9-3-1-8(2-4-9)6-16-7-10(13(15)19)5-11(16)17/h1-4,10H,5-7H2,(H2,14,18)(H2,15,19)/t10-/m1/s1. The minimum absolute atomic E-state index is 0.0808. The summed E-state index contributed by atoms with van der Waals surface area (Å²) < 4.78 is 0. The molecule has 0 radical (unpaired) electrons. The van der Waals surface area contributed by atoms with Crippen molar-refractivity contribution in [2.75, 3.05) is 6.54 Å². The summed E-state index contributed by atoms with van der Waals surface area (Å²) in [5.74, 6) is -1.42. The molecule has 100 valence electrons. The molecule has 1 aliphatic rings. The lowest BCUT2D eigenvalue weighted by molar-refractivity contribution is -0.128. The van der Waals surface area contributed by atoms with E-state index >= 15 is 0 Å². The smallest absolute Gasteiger partial charge is 0.248 e. The molecule has 1 saturated heterocycles. The molecule has 0 saturated carbocycles. The lowest BCUT2D eigenvalue weighted by Crippen LogP contribution is -2.28. The van der Waals surface area contributed by atoms with Crippen molar-refractivity contribution < 1.29 is 14.4 Å². The fourth-order valence-corrected chi connectivity index (χ4v) is 2.11. The molecule has 6 nitrogen and oxygen atoms in total. The van der Waals surface area contributed by atoms with Gasteiger partial charge in [0.05, 0.1) is 5.92 Å². The molecule has 3 amide bonds. The first-order chi connectivity index (χ1) is 8.97. The zero-order valence-electron chi connectivity index (χ0n) is 10.3. The van der Waals surface area contributed by atoms with Crippen molar-refractivity contribution in [1.82, 2.24) is 4.90 Å². The van der Waals surface area contributed by atoms with E-state index in [4.69, 9.17) is 11.5 Å². The van der Waals surface area contributed by atoms with Crippen molar-refractivity contribution >= 4 is 17.7 Å². The van der Waals surface area contributed by atoms with Gasteiger partial charge in [0.15, 0.2) is 0 Å². The second kappa shape index (κ2) is 5.09. The molecule has 0 spiro atoms. The van der Waals surface area contributed by atoms with Crippen molar-refractivity contribution in [2.24, 2.45) is 17.4 Å². The van der Waals surface area contributed by atoms with Crippen LogP contribution in [0, 0.1) is 5.92 Å². The summed E-state index contributed by atoms with van der Waals surface area (Å²) in [4.78, 5) is 35.3. The van der Waals surface area contributed by atoms with Crippen molar-refractivity contribution in [2.45, 2.75) is 13.0 Å². The molecule has 1 fully saturated rings. The van der Waals surface area contributed by atoms with Crippen molar-refractivity contribution in [3.63, 3.8) is 0 Å². The highest BCUT2D eigenvalue weighted by atomic mass is 16.2. The van der Waals surface area contributed by atoms with Gasteiger partial charge in [-0.1, -0.05) is 12.1 Å². The molecule has 0 unspecified atom stereocenters. The highest BCUT2D eigenvalue weighted by Crippen LogP contribution is 2.19. The van der Waals surface area contributed by atoms with Gasteiger partial charge in [0.2, 0.25) is 17.7 Å². The highest BCUT2D eigenvalue weighted by molar-refractivity contribution is 5.92. The van der Waals surface area contributed by atoms with E-state index in [-0.39, 0.29) is 12.3 Å². The number of benzene rings is 1. The molecule has 1 heterocycles. The molecule has 1 aromatic carbocycles. The van der Waals surface area contributed by atoms with E-state index in [0.717, 1.165) is 5.56 Å². The van der Waals surface area contributed by atoms with Crippen LogP contribution >= 0.6 is 0 Å². The molecule has 19 heavy (non-hydrogen) atoms. The molecule has 0 bridgehead atoms. The number of likely N-dealkylation sites (tertiary alicyclic amines) is 1. The van der Waals surface area contributed by atoms with Crippen LogP contribution in [0.25, 0.3) is 0 Å². The number of primary amides is 2. The molecular formula is C13H15N3O3. The third kappa shape index (κ3) is 2.90. The zero-order valence-corrected chi connectivity index (χ0v) is 10.3. The summed E-state index contributed by atoms with van der Waals surface area (Å²) in [7, 11) is 0. The van der Waals surface area contributed by atoms with E-state index in [1.165, 1.54) is 0 Å². The number of hydrogen-bond acceptors (Lipinski definition) is 3. The van der Waals surface area contributed by atoms with Gasteiger partial charge in [0, 0.05) is 25.1 Å². The molecule has 0 aliphatic carbocycles. The van der Waals surface area contributed by atoms with Crippen LogP contribution in [0.4, 0.5) is 0 Å². The summed E-state index contributed by atoms with van der Waals surface area (Å²) in [6, 6.07) is 6.71. The minimum atomic E-state index is -0.488. The van der Waals surface area contributed by atoms with Crippen LogP contribution in [-0.4, -0.2) is 29.2 Å². The average Bonchev–Trinajstić information content (AvgIpc) is 2.72. The van der Waals surface area contributed by atoms with Crippen LogP contribution in [0.1, 0.15) is 22.3 Å². The number of rotatable bonds is 4. The first-order valence-corrected chi connectivity index (χ1v) is 5.93. The van der Waals surface area contributed by atoms with Gasteiger partial charge in [-0.2, -0.15) is 0 Å². The van der Waals surface area contributed by atoms with Crippen LogP contribution in [0.5, 0.6) is 0 Å². The normalized spacial score (nSPS) is 18.6. The third-order valence-electron chi connectivity index (χ3n) is 3.23. The second-order valence-corrected chi connectivity index (χ2v) is 4.64. The van der Waals surface area contributed by atoms with E-state index < -0.39 is 17.7 Å². The molecule has 0 aromatic heterocycles. The number of nitrogens with two attached hydrogens (primary N) is 2. The second-order valence-electron chi connectivity index (χ2n) is 4.64. The summed E-state index contributed by atoms with van der Waals surface area (Å²) in [5.41, 5.74) is 11.6. The van der Waals surface area contributed by atoms with E-state index in [9.17, 15) is 14.4 Å². The van der Waals surface area contributed by atoms with Gasteiger partial charge in [-0.25, -0.2) is 0 Å². The number of hydrogen-bond donors (Lipinski definition) is 2. The maximum Gasteiger partial charge on any atom is 0.248 e. The Morgan fingerprint density at radius 1 is 1.21 bits per heavy atom. The van der Waals surface area contributed by atoms with Gasteiger partial charge >= 0.3 is 0 Å². The summed E-state index contributed by atoms with van der Waals surface area (Å²) in [5, 5.41) is 0. The Labute approximate surface area is 110 Å². The molecule has 4 N–H and O–H groups in total. The van der Waals surface area contributed by atoms with Gasteiger partial charge in [0.1, 0.15) is 0 Å². The topological polar surface area (TPSA) is 106 Å². The third-order valence-corrected chi connectivity index (χ3v) is 3.23. The monoisotopic (exact) mass is 261 g/mol. The van der Waals surface area contributed by atoms with Gasteiger partial charge in [-0.05, 0) is 17.7 Å². The Morgan fingerprint density at radius 2 is 1.84 bits per heavy atom. The van der Waals surface area contributed by atoms with E-state index in [2.05, 4.69) is 0 Å². The lowest BCUT2D eigenvalue weighted by atomic mass is 10.1. The fraction of sp³-hybridized carbons (Fsp3) is 0.308. The maximum absolute atomic E-state index is 11.7. The number of nitrogens with zero attached hydrogens (tertiary/aromatic N) is 1. The van der Waals surface area contributed by atoms with Crippen LogP contribution in [0.15, 0.2) is 24.3 Å². The molecule has 1 aromatic rings. The van der Waals surface area contributed by atoms with E-state index in [1.807, 2.05) is 0 Å². The Hall–Kier alpha value is -2.37. The molecule has 1 atom stereocenters. The predicted octanol–water partition coefficient (Wildman–Crippen LogP) is -0.381. The number of carbonyl (C=O) groups excluding carboxylic acids is 3. The van der Waals surface area contributed by atoms with Crippen molar-refractivity contribution in [3.8, 4) is 0 Å². The Kier molecular flexibility index (Phi) is 3.50. The Bertz CT molecular complexity index is 524. The molecule has 2 rings (SSSR count). The summed E-state index contributed by atoms with van der Waals surface area (Å²) >= 11 is 0. The van der Waals surface area contributed by atoms with E-state index in [0.29, 0.717) is 18.7 Å². The van der Waals surface area contributed by atoms with Crippen LogP contribution in [0.3, 0.4) is 0 Å². The van der Waals surface area contributed by atoms with Crippen LogP contribution < -0.4 is 11.5 Å². The predicted molar refractivity (Wildman–Crippen MR) is 67.7 cm³/mol. The fourth-order valence-electron chi connectivity index (χ4n) is 2.11. The Morgan fingerprint density at radius 3 is 2.32 bits per heavy atom. The van der Waals surface area contributed by atoms with Gasteiger partial charge < -0.3 is 16.4 Å². The summed E-state index contributed by atoms with van der Waals surface area (Å²) in [6.07, 6.45) is 0.175. The van der Waals surface area contributed by atoms with E-state index in [1.54, 1.807) is 29.2 Å². The van der Waals surface area contributed by atoms with Gasteiger partial charge in [0.25, 0.3) is 0 Å². The molecule has 1 aliphatic heterocycles. The molecular weight excluding hydrogens is 246 g/mol. The van der Waals surface area contributed by atoms with Crippen LogP contribution in [0.2, 0.25) is 0 Å². The summed E-state index contributed by atoms with van der Waals surface area (Å²) in [6.45, 7) is 0.757. The highest BCUT2D eigenvalue weighted by Gasteiger charge is 2.32. The van der Waals surface area contributed by atoms with Crippen LogP contribution in [-0.2, 0) is 16.1 Å². The lowest BCUT2D eigenvalue weighted by Gasteiger charge is -2.16. The average molecular weight is 261 g/mol. The number of carbonyl (C=O) groups is 3. The van der Waals surface area contributed by atoms with Crippen molar-refractivity contribution in [1.29, 1.82) is 0 Å². The number of amides is 3. The van der Waals surface area contributed by atoms with Gasteiger partial charge in [-0.3, -0.25) is 14.4 Å².